The SMILES string of the molecule is C=C(C)N1C(=O)C(C(C)(C)CCCCC)C(C(C)(CCC)C(C)(CCC)CC(c2ccccc2)C(C)CC)C1=O. The molecule has 1 aromatic rings. The van der Waals surface area contributed by atoms with Crippen LogP contribution in [0.25, 0.3) is 0 Å². The molecule has 0 saturated carbocycles. The Kier molecular flexibility index (Phi) is 12.3. The third kappa shape index (κ3) is 6.93. The molecule has 6 atom stereocenters. The Morgan fingerprint density at radius 2 is 1.43 bits per heavy atom. The van der Waals surface area contributed by atoms with E-state index in [9.17, 15) is 9.59 Å². The van der Waals surface area contributed by atoms with Crippen LogP contribution >= 0.6 is 0 Å². The largest absolute Gasteiger partial charge is 0.274 e. The number of imide groups is 1. The molecule has 0 bridgehead atoms. The van der Waals surface area contributed by atoms with Crippen LogP contribution in [0.2, 0.25) is 0 Å². The van der Waals surface area contributed by atoms with Crippen LogP contribution < -0.4 is 0 Å². The fourth-order valence-corrected chi connectivity index (χ4v) is 8.10. The molecule has 0 N–H and O–H groups in total. The third-order valence-electron chi connectivity index (χ3n) is 10.8. The number of hydrogen-bond donors (Lipinski definition) is 0. The molecule has 6 unspecified atom stereocenters. The van der Waals surface area contributed by atoms with Crippen LogP contribution in [0.5, 0.6) is 0 Å². The monoisotopic (exact) mass is 551 g/mol. The van der Waals surface area contributed by atoms with E-state index in [4.69, 9.17) is 0 Å². The van der Waals surface area contributed by atoms with Gasteiger partial charge in [0.05, 0.1) is 11.8 Å². The highest BCUT2D eigenvalue weighted by molar-refractivity contribution is 6.07. The lowest BCUT2D eigenvalue weighted by atomic mass is 9.48. The van der Waals surface area contributed by atoms with Gasteiger partial charge in [-0.25, -0.2) is 0 Å². The highest BCUT2D eigenvalue weighted by atomic mass is 16.2. The van der Waals surface area contributed by atoms with Crippen molar-refractivity contribution in [3.05, 3.63) is 48.2 Å². The summed E-state index contributed by atoms with van der Waals surface area (Å²) < 4.78 is 0. The number of benzene rings is 1. The zero-order valence-corrected chi connectivity index (χ0v) is 27.7. The van der Waals surface area contributed by atoms with E-state index < -0.39 is 0 Å². The minimum atomic E-state index is -0.349. The lowest BCUT2D eigenvalue weighted by Gasteiger charge is -2.54. The van der Waals surface area contributed by atoms with Gasteiger partial charge in [0, 0.05) is 5.70 Å². The van der Waals surface area contributed by atoms with E-state index in [0.29, 0.717) is 17.5 Å². The van der Waals surface area contributed by atoms with Crippen LogP contribution in [0.4, 0.5) is 0 Å². The maximum atomic E-state index is 14.5. The first-order chi connectivity index (χ1) is 18.8. The molecule has 1 aliphatic rings. The van der Waals surface area contributed by atoms with Crippen molar-refractivity contribution in [2.45, 2.75) is 139 Å². The zero-order valence-electron chi connectivity index (χ0n) is 27.7. The smallest absolute Gasteiger partial charge is 0.237 e. The third-order valence-corrected chi connectivity index (χ3v) is 10.8. The number of nitrogens with zero attached hydrogens (tertiary/aromatic N) is 1. The van der Waals surface area contributed by atoms with Gasteiger partial charge in [-0.3, -0.25) is 14.5 Å². The van der Waals surface area contributed by atoms with Crippen LogP contribution in [0, 0.1) is 34.0 Å². The van der Waals surface area contributed by atoms with E-state index in [2.05, 4.69) is 99.2 Å². The van der Waals surface area contributed by atoms with Crippen molar-refractivity contribution in [3.8, 4) is 0 Å². The van der Waals surface area contributed by atoms with Gasteiger partial charge >= 0.3 is 0 Å². The first kappa shape index (κ1) is 34.3. The van der Waals surface area contributed by atoms with Gasteiger partial charge in [0.15, 0.2) is 0 Å². The maximum Gasteiger partial charge on any atom is 0.237 e. The van der Waals surface area contributed by atoms with Gasteiger partial charge in [-0.2, -0.15) is 0 Å². The molecular formula is C37H61NO2. The molecule has 1 fully saturated rings. The predicted molar refractivity (Wildman–Crippen MR) is 171 cm³/mol. The van der Waals surface area contributed by atoms with Crippen molar-refractivity contribution in [1.82, 2.24) is 4.90 Å². The van der Waals surface area contributed by atoms with Gasteiger partial charge in [-0.1, -0.05) is 138 Å². The Balaban J connectivity index is 2.76. The highest BCUT2D eigenvalue weighted by Crippen LogP contribution is 2.62. The maximum absolute atomic E-state index is 14.5. The highest BCUT2D eigenvalue weighted by Gasteiger charge is 2.63. The molecule has 40 heavy (non-hydrogen) atoms. The molecule has 3 nitrogen and oxygen atoms in total. The van der Waals surface area contributed by atoms with E-state index >= 15 is 0 Å². The average Bonchev–Trinajstić information content (AvgIpc) is 3.18. The van der Waals surface area contributed by atoms with Crippen LogP contribution in [-0.2, 0) is 9.59 Å². The first-order valence-electron chi connectivity index (χ1n) is 16.3. The second-order valence-electron chi connectivity index (χ2n) is 14.2. The molecular weight excluding hydrogens is 490 g/mol. The van der Waals surface area contributed by atoms with Crippen molar-refractivity contribution in [2.24, 2.45) is 34.0 Å². The van der Waals surface area contributed by atoms with Crippen LogP contribution in [0.1, 0.15) is 145 Å². The van der Waals surface area contributed by atoms with Crippen molar-refractivity contribution < 1.29 is 9.59 Å². The average molecular weight is 552 g/mol. The second-order valence-corrected chi connectivity index (χ2v) is 14.2. The summed E-state index contributed by atoms with van der Waals surface area (Å²) in [6, 6.07) is 11.0. The van der Waals surface area contributed by atoms with Crippen LogP contribution in [0.15, 0.2) is 42.6 Å². The number of unbranched alkanes of at least 4 members (excludes halogenated alkanes) is 2. The number of carbonyl (C=O) groups is 2. The number of likely N-dealkylation sites (tertiary alicyclic amines) is 1. The molecule has 0 spiro atoms. The Morgan fingerprint density at radius 1 is 0.850 bits per heavy atom. The summed E-state index contributed by atoms with van der Waals surface area (Å²) in [4.78, 5) is 30.2. The molecule has 2 rings (SSSR count). The fraction of sp³-hybridized carbons (Fsp3) is 0.730. The van der Waals surface area contributed by atoms with E-state index in [0.717, 1.165) is 64.2 Å². The zero-order chi connectivity index (χ0) is 30.3. The van der Waals surface area contributed by atoms with Crippen molar-refractivity contribution in [1.29, 1.82) is 0 Å². The van der Waals surface area contributed by atoms with Gasteiger partial charge in [-0.05, 0) is 66.3 Å². The summed E-state index contributed by atoms with van der Waals surface area (Å²) in [7, 11) is 0. The summed E-state index contributed by atoms with van der Waals surface area (Å²) in [6.07, 6.45) is 10.5. The van der Waals surface area contributed by atoms with Crippen LogP contribution in [0.3, 0.4) is 0 Å². The van der Waals surface area contributed by atoms with E-state index in [1.165, 1.54) is 10.5 Å². The van der Waals surface area contributed by atoms with Crippen molar-refractivity contribution >= 4 is 11.8 Å². The number of rotatable bonds is 17. The molecule has 0 aromatic heterocycles. The Labute approximate surface area is 247 Å². The van der Waals surface area contributed by atoms with Gasteiger partial charge in [-0.15, -0.1) is 0 Å². The molecule has 1 heterocycles. The van der Waals surface area contributed by atoms with Crippen LogP contribution in [-0.4, -0.2) is 16.7 Å². The lowest BCUT2D eigenvalue weighted by molar-refractivity contribution is -0.141. The molecule has 0 radical (unpaired) electrons. The number of allylic oxidation sites excluding steroid dienone is 1. The molecule has 226 valence electrons. The molecule has 1 aliphatic heterocycles. The standard InChI is InChI=1S/C37H61NO2/c1-12-16-20-25-35(8,9)31-32(34(40)38(27(5)6)33(31)39)37(11,24-14-3)36(10,23-13-2)26-30(28(7)15-4)29-21-18-17-19-22-29/h17-19,21-22,28,30-32H,5,12-16,20,23-26H2,1-4,6-11H3. The predicted octanol–water partition coefficient (Wildman–Crippen LogP) is 10.6. The van der Waals surface area contributed by atoms with E-state index in [1.807, 2.05) is 6.92 Å². The Bertz CT molecular complexity index is 981. The number of carbonyl (C=O) groups excluding carboxylic acids is 2. The summed E-state index contributed by atoms with van der Waals surface area (Å²) >= 11 is 0. The summed E-state index contributed by atoms with van der Waals surface area (Å²) in [5.41, 5.74) is 1.23. The van der Waals surface area contributed by atoms with Crippen molar-refractivity contribution in [2.75, 3.05) is 0 Å². The minimum absolute atomic E-state index is 0.0101. The summed E-state index contributed by atoms with van der Waals surface area (Å²) in [6.45, 7) is 26.6. The van der Waals surface area contributed by atoms with E-state index in [-0.39, 0.29) is 39.9 Å². The molecule has 0 aliphatic carbocycles. The van der Waals surface area contributed by atoms with Gasteiger partial charge in [0.2, 0.25) is 11.8 Å². The Morgan fingerprint density at radius 3 is 1.93 bits per heavy atom. The minimum Gasteiger partial charge on any atom is -0.274 e. The molecule has 1 saturated heterocycles. The molecule has 1 aromatic carbocycles. The van der Waals surface area contributed by atoms with Gasteiger partial charge in [0.25, 0.3) is 0 Å². The summed E-state index contributed by atoms with van der Waals surface area (Å²) in [5.74, 6) is 0.215. The van der Waals surface area contributed by atoms with Gasteiger partial charge in [0.1, 0.15) is 0 Å². The fourth-order valence-electron chi connectivity index (χ4n) is 8.10. The second kappa shape index (κ2) is 14.3. The first-order valence-corrected chi connectivity index (χ1v) is 16.3. The summed E-state index contributed by atoms with van der Waals surface area (Å²) in [5, 5.41) is 0. The normalized spacial score (nSPS) is 22.6. The lowest BCUT2D eigenvalue weighted by Crippen LogP contribution is -2.51. The van der Waals surface area contributed by atoms with Crippen molar-refractivity contribution in [3.63, 3.8) is 0 Å². The van der Waals surface area contributed by atoms with E-state index in [1.54, 1.807) is 0 Å². The van der Waals surface area contributed by atoms with Gasteiger partial charge < -0.3 is 0 Å². The molecule has 3 heteroatoms. The number of amides is 2. The number of hydrogen-bond acceptors (Lipinski definition) is 2. The molecule has 2 amide bonds. The Hall–Kier alpha value is -1.90. The quantitative estimate of drug-likeness (QED) is 0.143. The topological polar surface area (TPSA) is 37.4 Å².